The van der Waals surface area contributed by atoms with Crippen molar-refractivity contribution in [1.82, 2.24) is 0 Å². The molecule has 0 bridgehead atoms. The zero-order valence-corrected chi connectivity index (χ0v) is 11.4. The predicted octanol–water partition coefficient (Wildman–Crippen LogP) is 1.34. The molecule has 0 aliphatic heterocycles. The molecule has 1 rings (SSSR count). The fraction of sp³-hybridized carbons (Fsp3) is 0. The van der Waals surface area contributed by atoms with Gasteiger partial charge in [0.15, 0.2) is 0 Å². The first-order valence-electron chi connectivity index (χ1n) is 2.57. The largest absolute Gasteiger partial charge is 0.328 e. The first-order valence-corrected chi connectivity index (χ1v) is 2.57. The van der Waals surface area contributed by atoms with Crippen LogP contribution in [-0.4, -0.2) is 10.3 Å². The van der Waals surface area contributed by atoms with Crippen LogP contribution in [0.2, 0.25) is 0 Å². The normalized spacial score (nSPS) is 6.55. The van der Waals surface area contributed by atoms with Crippen molar-refractivity contribution in [2.45, 2.75) is 0 Å². The molecule has 0 spiro atoms. The summed E-state index contributed by atoms with van der Waals surface area (Å²) in [5, 5.41) is 13.6. The van der Waals surface area contributed by atoms with E-state index in [2.05, 4.69) is 0 Å². The molecule has 0 radical (unpaired) electrons. The Morgan fingerprint density at radius 1 is 1.00 bits per heavy atom. The quantitative estimate of drug-likeness (QED) is 0.440. The second-order valence-corrected chi connectivity index (χ2v) is 1.39. The molecule has 0 fully saturated rings. The summed E-state index contributed by atoms with van der Waals surface area (Å²) in [7, 11) is 0. The first-order chi connectivity index (χ1) is 4.73. The summed E-state index contributed by atoms with van der Waals surface area (Å²) in [6, 6.07) is 12.0. The van der Waals surface area contributed by atoms with Gasteiger partial charge in [0.1, 0.15) is 0 Å². The number of nitrogens with zero attached hydrogens (tertiary/aromatic N) is 1. The Balaban J connectivity index is 0. The van der Waals surface area contributed by atoms with Crippen molar-refractivity contribution in [2.75, 3.05) is 0 Å². The van der Waals surface area contributed by atoms with Crippen molar-refractivity contribution in [2.24, 2.45) is 0 Å². The maximum absolute atomic E-state index is 8.36. The van der Waals surface area contributed by atoms with Crippen molar-refractivity contribution in [3.63, 3.8) is 0 Å². The topological polar surface area (TPSA) is 63.4 Å². The average molecular weight is 342 g/mol. The standard InChI is InChI=1S/C6H6.Hg.HNO3/c1-2-4-6-5-3-1;;2-1(3)4/h1-6H;;(H,2,3,4). The van der Waals surface area contributed by atoms with E-state index in [9.17, 15) is 0 Å². The fourth-order valence-corrected chi connectivity index (χ4v) is 0.385. The second kappa shape index (κ2) is 9.36. The van der Waals surface area contributed by atoms with Crippen molar-refractivity contribution >= 4 is 0 Å². The molecule has 0 saturated heterocycles. The molecule has 0 heterocycles. The summed E-state index contributed by atoms with van der Waals surface area (Å²) < 4.78 is 0. The third kappa shape index (κ3) is 17.6. The summed E-state index contributed by atoms with van der Waals surface area (Å²) in [6.07, 6.45) is 0. The Morgan fingerprint density at radius 3 is 1.18 bits per heavy atom. The molecule has 0 amide bonds. The maximum Gasteiger partial charge on any atom is 0.291 e. The number of hydrogen-bond acceptors (Lipinski definition) is 2. The van der Waals surface area contributed by atoms with Gasteiger partial charge in [-0.15, -0.1) is 10.1 Å². The van der Waals surface area contributed by atoms with E-state index in [1.165, 1.54) is 0 Å². The van der Waals surface area contributed by atoms with Gasteiger partial charge in [0.2, 0.25) is 0 Å². The summed E-state index contributed by atoms with van der Waals surface area (Å²) >= 11 is 0. The van der Waals surface area contributed by atoms with Gasteiger partial charge in [-0.25, -0.2) is 0 Å². The molecule has 1 aromatic rings. The van der Waals surface area contributed by atoms with Gasteiger partial charge in [-0.05, 0) is 0 Å². The molecule has 1 N–H and O–H groups in total. The molecular formula is C6H7HgNO3. The number of rotatable bonds is 0. The smallest absolute Gasteiger partial charge is 0.291 e. The molecule has 0 aliphatic rings. The molecule has 0 saturated carbocycles. The number of hydrogen-bond donors (Lipinski definition) is 1. The van der Waals surface area contributed by atoms with Crippen LogP contribution in [0, 0.1) is 10.1 Å². The Morgan fingerprint density at radius 2 is 1.09 bits per heavy atom. The summed E-state index contributed by atoms with van der Waals surface area (Å²) in [6.45, 7) is 0. The van der Waals surface area contributed by atoms with Gasteiger partial charge in [-0.2, -0.15) is 0 Å². The minimum Gasteiger partial charge on any atom is -0.328 e. The molecule has 5 heteroatoms. The SMILES string of the molecule is O=[N+]([O-])O.[Hg].c1ccccc1. The van der Waals surface area contributed by atoms with E-state index < -0.39 is 5.09 Å². The second-order valence-electron chi connectivity index (χ2n) is 1.39. The van der Waals surface area contributed by atoms with Gasteiger partial charge >= 0.3 is 0 Å². The summed E-state index contributed by atoms with van der Waals surface area (Å²) in [4.78, 5) is 8.36. The zero-order chi connectivity index (χ0) is 7.82. The van der Waals surface area contributed by atoms with Crippen molar-refractivity contribution in [1.29, 1.82) is 0 Å². The summed E-state index contributed by atoms with van der Waals surface area (Å²) in [5.74, 6) is 0. The van der Waals surface area contributed by atoms with E-state index in [0.717, 1.165) is 0 Å². The van der Waals surface area contributed by atoms with Crippen LogP contribution < -0.4 is 0 Å². The Bertz CT molecular complexity index is 150. The van der Waals surface area contributed by atoms with Crippen LogP contribution in [0.1, 0.15) is 0 Å². The van der Waals surface area contributed by atoms with Crippen molar-refractivity contribution in [3.05, 3.63) is 46.5 Å². The molecule has 4 nitrogen and oxygen atoms in total. The Hall–Kier alpha value is -0.645. The minimum absolute atomic E-state index is 0. The van der Waals surface area contributed by atoms with Crippen LogP contribution in [0.25, 0.3) is 0 Å². The van der Waals surface area contributed by atoms with Gasteiger partial charge in [-0.3, -0.25) is 0 Å². The Kier molecular flexibility index (Phi) is 11.0. The van der Waals surface area contributed by atoms with Gasteiger partial charge in [0.25, 0.3) is 5.09 Å². The van der Waals surface area contributed by atoms with Crippen molar-refractivity contribution < 1.29 is 38.0 Å². The number of benzene rings is 1. The third-order valence-corrected chi connectivity index (χ3v) is 0.667. The molecule has 0 unspecified atom stereocenters. The van der Waals surface area contributed by atoms with E-state index in [0.29, 0.717) is 0 Å². The summed E-state index contributed by atoms with van der Waals surface area (Å²) in [5.41, 5.74) is 0. The molecule has 0 atom stereocenters. The van der Waals surface area contributed by atoms with Crippen LogP contribution in [0.5, 0.6) is 0 Å². The van der Waals surface area contributed by atoms with Gasteiger partial charge in [0, 0.05) is 27.7 Å². The zero-order valence-electron chi connectivity index (χ0n) is 5.88. The van der Waals surface area contributed by atoms with Crippen LogP contribution in [0.3, 0.4) is 0 Å². The monoisotopic (exact) mass is 343 g/mol. The van der Waals surface area contributed by atoms with Crippen LogP contribution >= 0.6 is 0 Å². The van der Waals surface area contributed by atoms with Gasteiger partial charge < -0.3 is 5.21 Å². The van der Waals surface area contributed by atoms with Crippen LogP contribution in [-0.2, 0) is 27.7 Å². The van der Waals surface area contributed by atoms with E-state index in [1.807, 2.05) is 36.4 Å². The van der Waals surface area contributed by atoms with Crippen LogP contribution in [0.4, 0.5) is 0 Å². The maximum atomic E-state index is 8.36. The predicted molar refractivity (Wildman–Crippen MR) is 35.2 cm³/mol. The van der Waals surface area contributed by atoms with E-state index >= 15 is 0 Å². The van der Waals surface area contributed by atoms with Gasteiger partial charge in [-0.1, -0.05) is 36.4 Å². The molecule has 11 heavy (non-hydrogen) atoms. The minimum atomic E-state index is -1.50. The van der Waals surface area contributed by atoms with E-state index in [1.54, 1.807) is 0 Å². The average Bonchev–Trinajstić information content (AvgIpc) is 1.90. The molecular weight excluding hydrogens is 335 g/mol. The first kappa shape index (κ1) is 13.0. The van der Waals surface area contributed by atoms with Gasteiger partial charge in [0.05, 0.1) is 0 Å². The third-order valence-electron chi connectivity index (χ3n) is 0.667. The molecule has 0 aromatic heterocycles. The Labute approximate surface area is 84.5 Å². The molecule has 1 aromatic carbocycles. The van der Waals surface area contributed by atoms with Crippen LogP contribution in [0.15, 0.2) is 36.4 Å². The molecule has 0 aliphatic carbocycles. The van der Waals surface area contributed by atoms with E-state index in [-0.39, 0.29) is 27.7 Å². The van der Waals surface area contributed by atoms with Crippen molar-refractivity contribution in [3.8, 4) is 0 Å². The van der Waals surface area contributed by atoms with E-state index in [4.69, 9.17) is 15.3 Å². The fourth-order valence-electron chi connectivity index (χ4n) is 0.385. The molecule has 56 valence electrons.